The van der Waals surface area contributed by atoms with Crippen LogP contribution in [0.2, 0.25) is 0 Å². The molecule has 0 aliphatic rings. The zero-order chi connectivity index (χ0) is 21.6. The molecule has 4 nitrogen and oxygen atoms in total. The first-order chi connectivity index (χ1) is 13.7. The van der Waals surface area contributed by atoms with Crippen molar-refractivity contribution >= 4 is 17.5 Å². The van der Waals surface area contributed by atoms with Crippen LogP contribution in [0.4, 0.5) is 5.69 Å². The van der Waals surface area contributed by atoms with E-state index >= 15 is 0 Å². The van der Waals surface area contributed by atoms with Gasteiger partial charge in [0.2, 0.25) is 11.8 Å². The predicted molar refractivity (Wildman–Crippen MR) is 120 cm³/mol. The molecule has 0 aliphatic heterocycles. The van der Waals surface area contributed by atoms with E-state index in [1.807, 2.05) is 31.2 Å². The lowest BCUT2D eigenvalue weighted by molar-refractivity contribution is -0.129. The van der Waals surface area contributed by atoms with Crippen molar-refractivity contribution in [3.05, 3.63) is 64.7 Å². The smallest absolute Gasteiger partial charge is 0.226 e. The number of nitrogens with one attached hydrogen (secondary N) is 1. The van der Waals surface area contributed by atoms with E-state index in [-0.39, 0.29) is 18.2 Å². The molecule has 0 aliphatic carbocycles. The number of amides is 2. The van der Waals surface area contributed by atoms with Gasteiger partial charge >= 0.3 is 0 Å². The lowest BCUT2D eigenvalue weighted by atomic mass is 9.92. The van der Waals surface area contributed by atoms with Crippen LogP contribution in [0.25, 0.3) is 0 Å². The van der Waals surface area contributed by atoms with Gasteiger partial charge in [-0.2, -0.15) is 0 Å². The first-order valence-electron chi connectivity index (χ1n) is 10.4. The fourth-order valence-corrected chi connectivity index (χ4v) is 3.40. The number of hydrogen-bond donors (Lipinski definition) is 1. The van der Waals surface area contributed by atoms with Gasteiger partial charge in [-0.3, -0.25) is 9.59 Å². The van der Waals surface area contributed by atoms with Crippen LogP contribution >= 0.6 is 0 Å². The van der Waals surface area contributed by atoms with Crippen LogP contribution in [0.1, 0.15) is 75.1 Å². The van der Waals surface area contributed by atoms with Gasteiger partial charge in [0, 0.05) is 32.1 Å². The van der Waals surface area contributed by atoms with E-state index in [1.54, 1.807) is 11.8 Å². The highest BCUT2D eigenvalue weighted by molar-refractivity contribution is 5.93. The molecule has 0 atom stereocenters. The Morgan fingerprint density at radius 3 is 1.97 bits per heavy atom. The molecule has 29 heavy (non-hydrogen) atoms. The second-order valence-corrected chi connectivity index (χ2v) is 8.35. The highest BCUT2D eigenvalue weighted by atomic mass is 16.2. The molecule has 2 aromatic rings. The number of benzene rings is 2. The molecule has 0 spiro atoms. The highest BCUT2D eigenvalue weighted by Gasteiger charge is 2.17. The number of anilines is 1. The second kappa shape index (κ2) is 10.2. The maximum atomic E-state index is 12.7. The summed E-state index contributed by atoms with van der Waals surface area (Å²) in [7, 11) is 0. The molecule has 0 saturated carbocycles. The average Bonchev–Trinajstić information content (AvgIpc) is 2.66. The molecular formula is C25H34N2O2. The van der Waals surface area contributed by atoms with Crippen LogP contribution in [0.5, 0.6) is 0 Å². The van der Waals surface area contributed by atoms with Gasteiger partial charge in [-0.15, -0.1) is 0 Å². The predicted octanol–water partition coefficient (Wildman–Crippen LogP) is 5.62. The highest BCUT2D eigenvalue weighted by Crippen LogP contribution is 2.32. The second-order valence-electron chi connectivity index (χ2n) is 8.35. The van der Waals surface area contributed by atoms with Crippen LogP contribution in [-0.2, 0) is 16.1 Å². The van der Waals surface area contributed by atoms with Gasteiger partial charge < -0.3 is 10.2 Å². The van der Waals surface area contributed by atoms with Gasteiger partial charge in [-0.25, -0.2) is 0 Å². The van der Waals surface area contributed by atoms with Gasteiger partial charge in [0.1, 0.15) is 0 Å². The fraction of sp³-hybridized carbons (Fsp3) is 0.440. The van der Waals surface area contributed by atoms with Gasteiger partial charge in [-0.05, 0) is 35.4 Å². The summed E-state index contributed by atoms with van der Waals surface area (Å²) in [5.74, 6) is 0.553. The van der Waals surface area contributed by atoms with Crippen LogP contribution in [0.3, 0.4) is 0 Å². The monoisotopic (exact) mass is 394 g/mol. The van der Waals surface area contributed by atoms with E-state index in [0.29, 0.717) is 24.9 Å². The number of nitrogens with zero attached hydrogens (tertiary/aromatic N) is 1. The summed E-state index contributed by atoms with van der Waals surface area (Å²) in [4.78, 5) is 26.5. The molecule has 0 bridgehead atoms. The zero-order valence-electron chi connectivity index (χ0n) is 18.6. The maximum absolute atomic E-state index is 12.7. The Morgan fingerprint density at radius 1 is 0.931 bits per heavy atom. The van der Waals surface area contributed by atoms with E-state index in [1.165, 1.54) is 5.56 Å². The molecule has 2 aromatic carbocycles. The van der Waals surface area contributed by atoms with Crippen molar-refractivity contribution in [1.82, 2.24) is 4.90 Å². The van der Waals surface area contributed by atoms with Crippen molar-refractivity contribution in [3.63, 3.8) is 0 Å². The third-order valence-electron chi connectivity index (χ3n) is 5.19. The topological polar surface area (TPSA) is 49.4 Å². The molecule has 0 aromatic heterocycles. The summed E-state index contributed by atoms with van der Waals surface area (Å²) in [5.41, 5.74) is 5.47. The average molecular weight is 395 g/mol. The summed E-state index contributed by atoms with van der Waals surface area (Å²) in [6.07, 6.45) is 0.273. The van der Waals surface area contributed by atoms with Gasteiger partial charge in [0.05, 0.1) is 0 Å². The number of rotatable bonds is 8. The molecular weight excluding hydrogens is 360 g/mol. The van der Waals surface area contributed by atoms with Gasteiger partial charge in [0.15, 0.2) is 0 Å². The normalized spacial score (nSPS) is 11.0. The van der Waals surface area contributed by atoms with E-state index in [0.717, 1.165) is 22.4 Å². The van der Waals surface area contributed by atoms with Crippen LogP contribution in [-0.4, -0.2) is 23.3 Å². The third kappa shape index (κ3) is 6.45. The van der Waals surface area contributed by atoms with Crippen LogP contribution in [0.15, 0.2) is 42.5 Å². The molecule has 156 valence electrons. The maximum Gasteiger partial charge on any atom is 0.226 e. The van der Waals surface area contributed by atoms with E-state index in [4.69, 9.17) is 0 Å². The van der Waals surface area contributed by atoms with Crippen molar-refractivity contribution in [1.29, 1.82) is 0 Å². The molecule has 4 heteroatoms. The Morgan fingerprint density at radius 2 is 1.48 bits per heavy atom. The van der Waals surface area contributed by atoms with Gasteiger partial charge in [0.25, 0.3) is 0 Å². The van der Waals surface area contributed by atoms with Crippen LogP contribution < -0.4 is 5.32 Å². The van der Waals surface area contributed by atoms with Gasteiger partial charge in [-0.1, -0.05) is 75.7 Å². The summed E-state index contributed by atoms with van der Waals surface area (Å²) in [5, 5.41) is 3.13. The summed E-state index contributed by atoms with van der Waals surface area (Å²) >= 11 is 0. The Labute approximate surface area is 175 Å². The van der Waals surface area contributed by atoms with E-state index < -0.39 is 0 Å². The summed E-state index contributed by atoms with van der Waals surface area (Å²) in [6.45, 7) is 13.0. The molecule has 1 N–H and O–H groups in total. The molecule has 2 rings (SSSR count). The van der Waals surface area contributed by atoms with Crippen molar-refractivity contribution in [2.75, 3.05) is 11.9 Å². The minimum absolute atomic E-state index is 0.0242. The summed E-state index contributed by atoms with van der Waals surface area (Å²) < 4.78 is 0. The standard InChI is InChI=1S/C25H34N2O2/c1-17(2)22-8-7-9-23(18(3)4)25(22)26-24(29)14-15-27(20(6)28)16-21-12-10-19(5)11-13-21/h7-13,17-18H,14-16H2,1-6H3,(H,26,29). The minimum atomic E-state index is -0.0600. The molecule has 0 unspecified atom stereocenters. The lowest BCUT2D eigenvalue weighted by Gasteiger charge is -2.23. The third-order valence-corrected chi connectivity index (χ3v) is 5.19. The Balaban J connectivity index is 2.08. The van der Waals surface area contributed by atoms with Crippen molar-refractivity contribution < 1.29 is 9.59 Å². The van der Waals surface area contributed by atoms with Crippen molar-refractivity contribution in [2.45, 2.75) is 66.3 Å². The number of para-hydroxylation sites is 1. The Hall–Kier alpha value is -2.62. The molecule has 0 saturated heterocycles. The number of carbonyl (C=O) groups excluding carboxylic acids is 2. The first-order valence-corrected chi connectivity index (χ1v) is 10.4. The SMILES string of the molecule is CC(=O)N(CCC(=O)Nc1c(C(C)C)cccc1C(C)C)Cc1ccc(C)cc1. The number of aryl methyl sites for hydroxylation is 1. The Kier molecular flexibility index (Phi) is 8.00. The number of hydrogen-bond acceptors (Lipinski definition) is 2. The molecule has 0 radical (unpaired) electrons. The molecule has 0 heterocycles. The Bertz CT molecular complexity index is 812. The summed E-state index contributed by atoms with van der Waals surface area (Å²) in [6, 6.07) is 14.3. The van der Waals surface area contributed by atoms with Crippen molar-refractivity contribution in [3.8, 4) is 0 Å². The fourth-order valence-electron chi connectivity index (χ4n) is 3.40. The van der Waals surface area contributed by atoms with Crippen molar-refractivity contribution in [2.24, 2.45) is 0 Å². The van der Waals surface area contributed by atoms with E-state index in [9.17, 15) is 9.59 Å². The molecule has 0 fully saturated rings. The zero-order valence-corrected chi connectivity index (χ0v) is 18.6. The first kappa shape index (κ1) is 22.7. The quantitative estimate of drug-likeness (QED) is 0.632. The molecule has 2 amide bonds. The minimum Gasteiger partial charge on any atom is -0.338 e. The van der Waals surface area contributed by atoms with Crippen LogP contribution in [0, 0.1) is 6.92 Å². The van der Waals surface area contributed by atoms with E-state index in [2.05, 4.69) is 51.2 Å². The number of carbonyl (C=O) groups is 2. The largest absolute Gasteiger partial charge is 0.338 e. The lowest BCUT2D eigenvalue weighted by Crippen LogP contribution is -2.31.